The Kier molecular flexibility index (Phi) is 4.36. The maximum absolute atomic E-state index is 12.6. The van der Waals surface area contributed by atoms with Gasteiger partial charge in [0.1, 0.15) is 11.5 Å². The summed E-state index contributed by atoms with van der Waals surface area (Å²) >= 11 is 6.13. The van der Waals surface area contributed by atoms with Gasteiger partial charge in [-0.2, -0.15) is 0 Å². The average Bonchev–Trinajstić information content (AvgIpc) is 2.94. The van der Waals surface area contributed by atoms with Crippen LogP contribution in [0.15, 0.2) is 40.8 Å². The number of para-hydroxylation sites is 1. The molecule has 3 aromatic rings. The Bertz CT molecular complexity index is 917. The van der Waals surface area contributed by atoms with Gasteiger partial charge in [-0.25, -0.2) is 0 Å². The SMILES string of the molecule is COc1ccc(NC(=O)c2oc3c(Cl)cccc3c2C)c(OC)c1. The van der Waals surface area contributed by atoms with E-state index in [-0.39, 0.29) is 11.7 Å². The zero-order chi connectivity index (χ0) is 17.3. The molecule has 3 rings (SSSR count). The number of amides is 1. The molecule has 2 aromatic carbocycles. The number of carbonyl (C=O) groups is 1. The molecule has 1 amide bonds. The van der Waals surface area contributed by atoms with Crippen LogP contribution in [0.25, 0.3) is 11.0 Å². The maximum atomic E-state index is 12.6. The zero-order valence-corrected chi connectivity index (χ0v) is 14.2. The lowest BCUT2D eigenvalue weighted by molar-refractivity contribution is 0.0997. The van der Waals surface area contributed by atoms with Crippen molar-refractivity contribution in [2.75, 3.05) is 19.5 Å². The molecule has 0 aliphatic rings. The molecule has 0 saturated heterocycles. The molecule has 0 bridgehead atoms. The van der Waals surface area contributed by atoms with Crippen molar-refractivity contribution in [3.63, 3.8) is 0 Å². The van der Waals surface area contributed by atoms with Gasteiger partial charge in [0.25, 0.3) is 5.91 Å². The number of fused-ring (bicyclic) bond motifs is 1. The van der Waals surface area contributed by atoms with E-state index in [1.165, 1.54) is 7.11 Å². The second-order valence-electron chi connectivity index (χ2n) is 5.19. The van der Waals surface area contributed by atoms with Gasteiger partial charge >= 0.3 is 0 Å². The summed E-state index contributed by atoms with van der Waals surface area (Å²) in [5, 5.41) is 4.08. The number of methoxy groups -OCH3 is 2. The Labute approximate surface area is 144 Å². The molecule has 0 fully saturated rings. The lowest BCUT2D eigenvalue weighted by Gasteiger charge is -2.11. The fourth-order valence-corrected chi connectivity index (χ4v) is 2.72. The minimum atomic E-state index is -0.372. The number of rotatable bonds is 4. The van der Waals surface area contributed by atoms with Crippen LogP contribution in [0.3, 0.4) is 0 Å². The predicted octanol–water partition coefficient (Wildman–Crippen LogP) is 4.66. The number of ether oxygens (including phenoxy) is 2. The molecule has 0 aliphatic carbocycles. The fraction of sp³-hybridized carbons (Fsp3) is 0.167. The van der Waals surface area contributed by atoms with E-state index in [9.17, 15) is 4.79 Å². The molecule has 6 heteroatoms. The van der Waals surface area contributed by atoms with E-state index in [1.54, 1.807) is 31.4 Å². The standard InChI is InChI=1S/C18H16ClNO4/c1-10-12-5-4-6-13(19)17(12)24-16(10)18(21)20-14-8-7-11(22-2)9-15(14)23-3/h4-9H,1-3H3,(H,20,21). The Hall–Kier alpha value is -2.66. The maximum Gasteiger partial charge on any atom is 0.291 e. The van der Waals surface area contributed by atoms with Crippen LogP contribution in [0.2, 0.25) is 5.02 Å². The number of aryl methyl sites for hydroxylation is 1. The molecule has 1 heterocycles. The highest BCUT2D eigenvalue weighted by atomic mass is 35.5. The monoisotopic (exact) mass is 345 g/mol. The number of carbonyl (C=O) groups excluding carboxylic acids is 1. The molecule has 124 valence electrons. The van der Waals surface area contributed by atoms with E-state index in [0.717, 1.165) is 10.9 Å². The van der Waals surface area contributed by atoms with E-state index in [4.69, 9.17) is 25.5 Å². The molecule has 5 nitrogen and oxygen atoms in total. The quantitative estimate of drug-likeness (QED) is 0.746. The summed E-state index contributed by atoms with van der Waals surface area (Å²) in [7, 11) is 3.09. The molecular formula is C18H16ClNO4. The minimum absolute atomic E-state index is 0.218. The van der Waals surface area contributed by atoms with Crippen LogP contribution in [0.4, 0.5) is 5.69 Å². The number of anilines is 1. The molecular weight excluding hydrogens is 330 g/mol. The second-order valence-corrected chi connectivity index (χ2v) is 5.60. The third-order valence-corrected chi connectivity index (χ3v) is 4.08. The highest BCUT2D eigenvalue weighted by Gasteiger charge is 2.20. The number of nitrogens with one attached hydrogen (secondary N) is 1. The molecule has 0 spiro atoms. The Morgan fingerprint density at radius 2 is 1.96 bits per heavy atom. The number of hydrogen-bond donors (Lipinski definition) is 1. The zero-order valence-electron chi connectivity index (χ0n) is 13.5. The van der Waals surface area contributed by atoms with Gasteiger partial charge in [0.2, 0.25) is 0 Å². The van der Waals surface area contributed by atoms with Crippen molar-refractivity contribution >= 4 is 34.2 Å². The van der Waals surface area contributed by atoms with Gasteiger partial charge in [-0.15, -0.1) is 0 Å². The van der Waals surface area contributed by atoms with Crippen molar-refractivity contribution in [1.82, 2.24) is 0 Å². The van der Waals surface area contributed by atoms with E-state index in [0.29, 0.717) is 27.8 Å². The normalized spacial score (nSPS) is 10.7. The Morgan fingerprint density at radius 1 is 1.17 bits per heavy atom. The Balaban J connectivity index is 1.96. The van der Waals surface area contributed by atoms with Crippen LogP contribution in [-0.4, -0.2) is 20.1 Å². The second kappa shape index (κ2) is 6.45. The first-order valence-corrected chi connectivity index (χ1v) is 7.64. The van der Waals surface area contributed by atoms with E-state index < -0.39 is 0 Å². The third kappa shape index (κ3) is 2.78. The Morgan fingerprint density at radius 3 is 2.62 bits per heavy atom. The van der Waals surface area contributed by atoms with Crippen LogP contribution < -0.4 is 14.8 Å². The highest BCUT2D eigenvalue weighted by molar-refractivity contribution is 6.35. The predicted molar refractivity (Wildman–Crippen MR) is 93.5 cm³/mol. The van der Waals surface area contributed by atoms with Gasteiger partial charge in [0.05, 0.1) is 24.9 Å². The summed E-state index contributed by atoms with van der Waals surface area (Å²) in [4.78, 5) is 12.6. The van der Waals surface area contributed by atoms with Gasteiger partial charge in [-0.3, -0.25) is 4.79 Å². The first-order chi connectivity index (χ1) is 11.5. The summed E-state index contributed by atoms with van der Waals surface area (Å²) in [6, 6.07) is 10.5. The average molecular weight is 346 g/mol. The van der Waals surface area contributed by atoms with Crippen molar-refractivity contribution in [1.29, 1.82) is 0 Å². The van der Waals surface area contributed by atoms with E-state index >= 15 is 0 Å². The first kappa shape index (κ1) is 16.2. The van der Waals surface area contributed by atoms with E-state index in [2.05, 4.69) is 5.32 Å². The van der Waals surface area contributed by atoms with Crippen molar-refractivity contribution in [2.45, 2.75) is 6.92 Å². The number of benzene rings is 2. The largest absolute Gasteiger partial charge is 0.497 e. The smallest absolute Gasteiger partial charge is 0.291 e. The molecule has 1 aromatic heterocycles. The number of furan rings is 1. The van der Waals surface area contributed by atoms with Crippen LogP contribution >= 0.6 is 11.6 Å². The minimum Gasteiger partial charge on any atom is -0.497 e. The van der Waals surface area contributed by atoms with Crippen molar-refractivity contribution < 1.29 is 18.7 Å². The highest BCUT2D eigenvalue weighted by Crippen LogP contribution is 2.33. The topological polar surface area (TPSA) is 60.7 Å². The van der Waals surface area contributed by atoms with Crippen LogP contribution in [0.1, 0.15) is 16.1 Å². The number of hydrogen-bond acceptors (Lipinski definition) is 4. The van der Waals surface area contributed by atoms with Crippen LogP contribution in [-0.2, 0) is 0 Å². The van der Waals surface area contributed by atoms with Crippen molar-refractivity contribution in [3.05, 3.63) is 52.7 Å². The van der Waals surface area contributed by atoms with Gasteiger partial charge in [-0.1, -0.05) is 23.7 Å². The van der Waals surface area contributed by atoms with Crippen LogP contribution in [0.5, 0.6) is 11.5 Å². The number of halogens is 1. The molecule has 0 saturated carbocycles. The van der Waals surface area contributed by atoms with E-state index in [1.807, 2.05) is 19.1 Å². The lowest BCUT2D eigenvalue weighted by Crippen LogP contribution is -2.13. The molecule has 0 aliphatic heterocycles. The third-order valence-electron chi connectivity index (χ3n) is 3.78. The van der Waals surface area contributed by atoms with Gasteiger partial charge < -0.3 is 19.2 Å². The van der Waals surface area contributed by atoms with Crippen molar-refractivity contribution in [2.24, 2.45) is 0 Å². The van der Waals surface area contributed by atoms with Crippen molar-refractivity contribution in [3.8, 4) is 11.5 Å². The van der Waals surface area contributed by atoms with Crippen LogP contribution in [0, 0.1) is 6.92 Å². The summed E-state index contributed by atoms with van der Waals surface area (Å²) in [5.41, 5.74) is 1.76. The molecule has 0 unspecified atom stereocenters. The summed E-state index contributed by atoms with van der Waals surface area (Å²) in [6.07, 6.45) is 0. The molecule has 0 radical (unpaired) electrons. The first-order valence-electron chi connectivity index (χ1n) is 7.26. The molecule has 1 N–H and O–H groups in total. The summed E-state index contributed by atoms with van der Waals surface area (Å²) in [6.45, 7) is 1.82. The van der Waals surface area contributed by atoms with Gasteiger partial charge in [-0.05, 0) is 25.1 Å². The summed E-state index contributed by atoms with van der Waals surface area (Å²) in [5.74, 6) is 0.977. The lowest BCUT2D eigenvalue weighted by atomic mass is 10.1. The molecule has 0 atom stereocenters. The summed E-state index contributed by atoms with van der Waals surface area (Å²) < 4.78 is 16.1. The molecule has 24 heavy (non-hydrogen) atoms. The van der Waals surface area contributed by atoms with Gasteiger partial charge in [0, 0.05) is 17.0 Å². The fourth-order valence-electron chi connectivity index (χ4n) is 2.51. The van der Waals surface area contributed by atoms with Gasteiger partial charge in [0.15, 0.2) is 11.3 Å².